The Balaban J connectivity index is 0.00000210. The minimum absolute atomic E-state index is 0. The number of hydrogen-bond donors (Lipinski definition) is 2. The summed E-state index contributed by atoms with van der Waals surface area (Å²) in [5.41, 5.74) is 6.19. The molecule has 5 radical (unpaired) electrons. The minimum Gasteiger partial charge on any atom is -0.399 e. The zero-order valence-electron chi connectivity index (χ0n) is 17.2. The Labute approximate surface area is 177 Å². The van der Waals surface area contributed by atoms with Gasteiger partial charge in [-0.3, -0.25) is 4.79 Å². The van der Waals surface area contributed by atoms with E-state index in [4.69, 9.17) is 5.73 Å². The van der Waals surface area contributed by atoms with Crippen LogP contribution < -0.4 is 11.1 Å². The van der Waals surface area contributed by atoms with E-state index < -0.39 is 10.0 Å². The van der Waals surface area contributed by atoms with Crippen molar-refractivity contribution in [3.63, 3.8) is 0 Å². The highest BCUT2D eigenvalue weighted by Crippen LogP contribution is 2.26. The second kappa shape index (κ2) is 11.6. The minimum atomic E-state index is -3.50. The van der Waals surface area contributed by atoms with E-state index in [1.165, 1.54) is 23.6 Å². The van der Waals surface area contributed by atoms with Gasteiger partial charge >= 0.3 is 0 Å². The number of benzene rings is 1. The van der Waals surface area contributed by atoms with E-state index in [2.05, 4.69) is 5.32 Å². The number of nitrogen functional groups attached to an aromatic ring is 1. The Hall–Kier alpha value is -1.60. The lowest BCUT2D eigenvalue weighted by Gasteiger charge is -2.20. The van der Waals surface area contributed by atoms with Crippen LogP contribution in [0.3, 0.4) is 0 Å². The Morgan fingerprint density at radius 3 is 2.24 bits per heavy atom. The van der Waals surface area contributed by atoms with Crippen molar-refractivity contribution in [3.05, 3.63) is 45.0 Å². The van der Waals surface area contributed by atoms with Crippen LogP contribution in [0.2, 0.25) is 0 Å². The third-order valence-electron chi connectivity index (χ3n) is 5.60. The molecule has 1 heterocycles. The number of hydrogen-bond acceptors (Lipinski definition) is 4. The monoisotopic (exact) mass is 420 g/mol. The molecule has 2 aliphatic rings. The average Bonchev–Trinajstić information content (AvgIpc) is 3.10. The summed E-state index contributed by atoms with van der Waals surface area (Å²) in [6, 6.07) is 6.30. The second-order valence-electron chi connectivity index (χ2n) is 7.67. The van der Waals surface area contributed by atoms with Gasteiger partial charge in [0.2, 0.25) is 15.9 Å². The van der Waals surface area contributed by atoms with E-state index in [9.17, 15) is 13.2 Å². The van der Waals surface area contributed by atoms with Gasteiger partial charge in [-0.2, -0.15) is 4.31 Å². The van der Waals surface area contributed by atoms with Crippen LogP contribution in [-0.4, -0.2) is 38.3 Å². The summed E-state index contributed by atoms with van der Waals surface area (Å²) in [7, 11) is -3.50. The molecule has 3 N–H and O–H groups in total. The maximum Gasteiger partial charge on any atom is 0.243 e. The highest BCUT2D eigenvalue weighted by Gasteiger charge is 2.33. The fourth-order valence-corrected chi connectivity index (χ4v) is 5.42. The van der Waals surface area contributed by atoms with E-state index in [1.807, 2.05) is 0 Å². The second-order valence-corrected chi connectivity index (χ2v) is 9.61. The van der Waals surface area contributed by atoms with Crippen LogP contribution in [0, 0.1) is 26.7 Å². The standard InChI is InChI=1S/C20H30N3O3S.2CH2/c21-18-8-10-19(11-9-18)27(25,26)23-13-12-16(15-23)14-22-20(24)17-6-4-2-1-3-5-7-17;;/h8-11,16H,1-7,12-15,21H2,(H,22,24);2*1H2. The van der Waals surface area contributed by atoms with Crippen molar-refractivity contribution < 1.29 is 13.2 Å². The van der Waals surface area contributed by atoms with Crippen LogP contribution in [0.4, 0.5) is 5.69 Å². The van der Waals surface area contributed by atoms with Crippen molar-refractivity contribution in [1.82, 2.24) is 9.62 Å². The number of nitrogens with zero attached hydrogens (tertiary/aromatic N) is 1. The quantitative estimate of drug-likeness (QED) is 0.714. The molecule has 0 spiro atoms. The van der Waals surface area contributed by atoms with Crippen LogP contribution in [0.5, 0.6) is 0 Å². The summed E-state index contributed by atoms with van der Waals surface area (Å²) >= 11 is 0. The zero-order valence-corrected chi connectivity index (χ0v) is 18.1. The lowest BCUT2D eigenvalue weighted by atomic mass is 9.90. The summed E-state index contributed by atoms with van der Waals surface area (Å²) in [4.78, 5) is 12.7. The predicted molar refractivity (Wildman–Crippen MR) is 117 cm³/mol. The highest BCUT2D eigenvalue weighted by molar-refractivity contribution is 7.89. The van der Waals surface area contributed by atoms with Crippen LogP contribution in [0.15, 0.2) is 29.2 Å². The number of carbonyl (C=O) groups is 1. The van der Waals surface area contributed by atoms with Gasteiger partial charge in [0.25, 0.3) is 0 Å². The van der Waals surface area contributed by atoms with Crippen molar-refractivity contribution in [2.45, 2.75) is 56.3 Å². The highest BCUT2D eigenvalue weighted by atomic mass is 32.2. The molecule has 0 bridgehead atoms. The molecular weight excluding hydrogens is 386 g/mol. The fourth-order valence-electron chi connectivity index (χ4n) is 3.89. The van der Waals surface area contributed by atoms with E-state index in [0.717, 1.165) is 38.0 Å². The van der Waals surface area contributed by atoms with Crippen molar-refractivity contribution in [2.24, 2.45) is 5.92 Å². The summed E-state index contributed by atoms with van der Waals surface area (Å²) in [5, 5.41) is 3.05. The number of carbonyl (C=O) groups excluding carboxylic acids is 1. The lowest BCUT2D eigenvalue weighted by Crippen LogP contribution is -2.35. The molecule has 1 saturated heterocycles. The Morgan fingerprint density at radius 2 is 1.62 bits per heavy atom. The number of sulfonamides is 1. The summed E-state index contributed by atoms with van der Waals surface area (Å²) < 4.78 is 27.0. The van der Waals surface area contributed by atoms with E-state index in [-0.39, 0.29) is 31.6 Å². The lowest BCUT2D eigenvalue weighted by molar-refractivity contribution is -0.120. The normalized spacial score (nSPS) is 21.3. The number of amides is 1. The first-order valence-electron chi connectivity index (χ1n) is 9.95. The molecule has 29 heavy (non-hydrogen) atoms. The van der Waals surface area contributed by atoms with Crippen LogP contribution in [0.1, 0.15) is 51.4 Å². The molecule has 0 aromatic heterocycles. The molecular formula is C22H34N3O3S. The van der Waals surface area contributed by atoms with Crippen molar-refractivity contribution in [3.8, 4) is 0 Å². The van der Waals surface area contributed by atoms with Gasteiger partial charge in [0.05, 0.1) is 10.8 Å². The van der Waals surface area contributed by atoms with Crippen molar-refractivity contribution in [2.75, 3.05) is 25.4 Å². The Kier molecular flexibility index (Phi) is 10.1. The first-order chi connectivity index (χ1) is 13.0. The van der Waals surface area contributed by atoms with Gasteiger partial charge < -0.3 is 11.1 Å². The van der Waals surface area contributed by atoms with Gasteiger partial charge in [0.1, 0.15) is 0 Å². The molecule has 2 fully saturated rings. The third-order valence-corrected chi connectivity index (χ3v) is 7.48. The van der Waals surface area contributed by atoms with Crippen molar-refractivity contribution in [1.29, 1.82) is 0 Å². The van der Waals surface area contributed by atoms with Gasteiger partial charge in [-0.1, -0.05) is 47.0 Å². The number of nitrogens with one attached hydrogen (secondary N) is 1. The Bertz CT molecular complexity index is 726. The molecule has 3 rings (SSSR count). The SMILES string of the molecule is Nc1ccc(S(=O)(=O)N2CCC(CNC(=O)[C]3CCCCCCC3)C2)cc1.[CH2].[CH2]. The molecule has 161 valence electrons. The van der Waals surface area contributed by atoms with Crippen molar-refractivity contribution >= 4 is 21.6 Å². The summed E-state index contributed by atoms with van der Waals surface area (Å²) in [6.07, 6.45) is 8.44. The van der Waals surface area contributed by atoms with E-state index in [0.29, 0.717) is 25.3 Å². The number of nitrogens with two attached hydrogens (primary N) is 1. The van der Waals surface area contributed by atoms with E-state index in [1.54, 1.807) is 24.3 Å². The topological polar surface area (TPSA) is 92.5 Å². The average molecular weight is 421 g/mol. The van der Waals surface area contributed by atoms with Gasteiger partial charge in [-0.25, -0.2) is 8.42 Å². The largest absolute Gasteiger partial charge is 0.399 e. The smallest absolute Gasteiger partial charge is 0.243 e. The molecule has 1 aliphatic carbocycles. The first-order valence-corrected chi connectivity index (χ1v) is 11.4. The number of rotatable bonds is 5. The molecule has 1 atom stereocenters. The fraction of sp³-hybridized carbons (Fsp3) is 0.545. The van der Waals surface area contributed by atoms with Gasteiger partial charge in [0.15, 0.2) is 0 Å². The molecule has 1 aliphatic heterocycles. The zero-order chi connectivity index (χ0) is 19.3. The van der Waals surface area contributed by atoms with Gasteiger partial charge in [0, 0.05) is 25.3 Å². The summed E-state index contributed by atoms with van der Waals surface area (Å²) in [6.45, 7) is 1.47. The van der Waals surface area contributed by atoms with Gasteiger partial charge in [-0.05, 0) is 49.4 Å². The predicted octanol–water partition coefficient (Wildman–Crippen LogP) is 3.37. The third kappa shape index (κ3) is 6.71. The van der Waals surface area contributed by atoms with E-state index >= 15 is 0 Å². The van der Waals surface area contributed by atoms with Crippen LogP contribution >= 0.6 is 0 Å². The number of anilines is 1. The summed E-state index contributed by atoms with van der Waals surface area (Å²) in [5.74, 6) is 1.24. The maximum atomic E-state index is 12.7. The molecule has 7 heteroatoms. The molecule has 6 nitrogen and oxygen atoms in total. The Morgan fingerprint density at radius 1 is 1.03 bits per heavy atom. The maximum absolute atomic E-state index is 12.7. The molecule has 1 aromatic rings. The molecule has 1 saturated carbocycles. The first kappa shape index (κ1) is 25.4. The van der Waals surface area contributed by atoms with Gasteiger partial charge in [-0.15, -0.1) is 0 Å². The molecule has 1 unspecified atom stereocenters. The van der Waals surface area contributed by atoms with Crippen LogP contribution in [-0.2, 0) is 14.8 Å². The molecule has 1 amide bonds. The molecule has 1 aromatic carbocycles. The van der Waals surface area contributed by atoms with Crippen LogP contribution in [0.25, 0.3) is 0 Å².